The van der Waals surface area contributed by atoms with Crippen molar-refractivity contribution >= 4 is 5.91 Å². The van der Waals surface area contributed by atoms with Crippen LogP contribution in [-0.2, 0) is 6.54 Å². The SMILES string of the molecule is COc1cc(OC)cc(C(=O)N=c2ccccn2Cc2ccccc2)c1. The van der Waals surface area contributed by atoms with Crippen LogP contribution in [0.2, 0.25) is 0 Å². The Kier molecular flexibility index (Phi) is 5.49. The van der Waals surface area contributed by atoms with Gasteiger partial charge in [0, 0.05) is 24.4 Å². The number of benzene rings is 2. The first-order chi connectivity index (χ1) is 12.7. The number of carbonyl (C=O) groups excluding carboxylic acids is 1. The van der Waals surface area contributed by atoms with Crippen LogP contribution < -0.4 is 15.0 Å². The summed E-state index contributed by atoms with van der Waals surface area (Å²) in [6.45, 7) is 0.634. The van der Waals surface area contributed by atoms with Gasteiger partial charge < -0.3 is 14.0 Å². The van der Waals surface area contributed by atoms with Crippen LogP contribution in [0.15, 0.2) is 77.9 Å². The predicted octanol–water partition coefficient (Wildman–Crippen LogP) is 3.29. The molecule has 1 heterocycles. The Labute approximate surface area is 152 Å². The molecule has 0 saturated heterocycles. The van der Waals surface area contributed by atoms with E-state index in [0.717, 1.165) is 5.56 Å². The van der Waals surface area contributed by atoms with Gasteiger partial charge in [-0.1, -0.05) is 36.4 Å². The van der Waals surface area contributed by atoms with E-state index in [1.807, 2.05) is 59.3 Å². The van der Waals surface area contributed by atoms with Crippen molar-refractivity contribution in [1.82, 2.24) is 4.57 Å². The van der Waals surface area contributed by atoms with Crippen molar-refractivity contribution in [2.75, 3.05) is 14.2 Å². The summed E-state index contributed by atoms with van der Waals surface area (Å²) in [7, 11) is 3.09. The van der Waals surface area contributed by atoms with Crippen molar-refractivity contribution in [1.29, 1.82) is 0 Å². The standard InChI is InChI=1S/C21H20N2O3/c1-25-18-12-17(13-19(14-18)26-2)21(24)22-20-10-6-7-11-23(20)15-16-8-4-3-5-9-16/h3-14H,15H2,1-2H3. The van der Waals surface area contributed by atoms with Crippen LogP contribution in [0.1, 0.15) is 15.9 Å². The molecule has 5 nitrogen and oxygen atoms in total. The first-order valence-corrected chi connectivity index (χ1v) is 8.21. The topological polar surface area (TPSA) is 52.8 Å². The van der Waals surface area contributed by atoms with Gasteiger partial charge in [0.1, 0.15) is 17.0 Å². The molecule has 0 radical (unpaired) electrons. The Morgan fingerprint density at radius 1 is 0.923 bits per heavy atom. The quantitative estimate of drug-likeness (QED) is 0.711. The smallest absolute Gasteiger partial charge is 0.279 e. The molecule has 2 aromatic carbocycles. The number of methoxy groups -OCH3 is 2. The summed E-state index contributed by atoms with van der Waals surface area (Å²) in [5.74, 6) is 0.747. The van der Waals surface area contributed by atoms with E-state index in [4.69, 9.17) is 9.47 Å². The normalized spacial score (nSPS) is 11.2. The van der Waals surface area contributed by atoms with E-state index in [1.165, 1.54) is 0 Å². The monoisotopic (exact) mass is 348 g/mol. The minimum Gasteiger partial charge on any atom is -0.497 e. The number of carbonyl (C=O) groups is 1. The zero-order valence-electron chi connectivity index (χ0n) is 14.8. The highest BCUT2D eigenvalue weighted by molar-refractivity contribution is 5.95. The lowest BCUT2D eigenvalue weighted by molar-refractivity contribution is 0.0996. The van der Waals surface area contributed by atoms with E-state index in [-0.39, 0.29) is 5.91 Å². The number of pyridine rings is 1. The average molecular weight is 348 g/mol. The zero-order valence-corrected chi connectivity index (χ0v) is 14.8. The highest BCUT2D eigenvalue weighted by Gasteiger charge is 2.09. The number of rotatable bonds is 5. The maximum absolute atomic E-state index is 12.7. The van der Waals surface area contributed by atoms with Gasteiger partial charge in [0.2, 0.25) is 0 Å². The van der Waals surface area contributed by atoms with E-state index < -0.39 is 0 Å². The van der Waals surface area contributed by atoms with Crippen LogP contribution in [0.3, 0.4) is 0 Å². The molecular formula is C21H20N2O3. The molecule has 0 aliphatic heterocycles. The third-order valence-electron chi connectivity index (χ3n) is 3.93. The summed E-state index contributed by atoms with van der Waals surface area (Å²) in [4.78, 5) is 17.0. The summed E-state index contributed by atoms with van der Waals surface area (Å²) in [6, 6.07) is 20.7. The van der Waals surface area contributed by atoms with Crippen LogP contribution >= 0.6 is 0 Å². The van der Waals surface area contributed by atoms with Gasteiger partial charge in [-0.25, -0.2) is 0 Å². The number of nitrogens with zero attached hydrogens (tertiary/aromatic N) is 2. The van der Waals surface area contributed by atoms with Crippen molar-refractivity contribution in [2.24, 2.45) is 4.99 Å². The third kappa shape index (κ3) is 4.19. The van der Waals surface area contributed by atoms with Crippen LogP contribution in [0.25, 0.3) is 0 Å². The van der Waals surface area contributed by atoms with Crippen molar-refractivity contribution in [3.05, 3.63) is 89.5 Å². The Balaban J connectivity index is 1.96. The van der Waals surface area contributed by atoms with E-state index in [9.17, 15) is 4.79 Å². The van der Waals surface area contributed by atoms with E-state index >= 15 is 0 Å². The van der Waals surface area contributed by atoms with Gasteiger partial charge in [0.25, 0.3) is 5.91 Å². The molecule has 0 unspecified atom stereocenters. The predicted molar refractivity (Wildman–Crippen MR) is 99.4 cm³/mol. The second-order valence-electron chi connectivity index (χ2n) is 5.69. The molecule has 0 saturated carbocycles. The van der Waals surface area contributed by atoms with E-state index in [2.05, 4.69) is 4.99 Å². The molecule has 1 aromatic heterocycles. The Bertz CT molecular complexity index is 940. The lowest BCUT2D eigenvalue weighted by Crippen LogP contribution is -2.22. The third-order valence-corrected chi connectivity index (χ3v) is 3.93. The van der Waals surface area contributed by atoms with Crippen LogP contribution in [0, 0.1) is 0 Å². The molecule has 0 atom stereocenters. The highest BCUT2D eigenvalue weighted by atomic mass is 16.5. The first-order valence-electron chi connectivity index (χ1n) is 8.21. The molecule has 5 heteroatoms. The number of ether oxygens (including phenoxy) is 2. The summed E-state index contributed by atoms with van der Waals surface area (Å²) >= 11 is 0. The van der Waals surface area contributed by atoms with Crippen LogP contribution in [0.5, 0.6) is 11.5 Å². The van der Waals surface area contributed by atoms with Crippen molar-refractivity contribution in [3.8, 4) is 11.5 Å². The van der Waals surface area contributed by atoms with Crippen molar-refractivity contribution < 1.29 is 14.3 Å². The van der Waals surface area contributed by atoms with E-state index in [0.29, 0.717) is 29.1 Å². The molecule has 0 bridgehead atoms. The summed E-state index contributed by atoms with van der Waals surface area (Å²) < 4.78 is 12.4. The molecule has 26 heavy (non-hydrogen) atoms. The minimum atomic E-state index is -0.352. The second-order valence-corrected chi connectivity index (χ2v) is 5.69. The van der Waals surface area contributed by atoms with Gasteiger partial charge in [-0.3, -0.25) is 4.79 Å². The summed E-state index contributed by atoms with van der Waals surface area (Å²) in [5, 5.41) is 0. The van der Waals surface area contributed by atoms with Gasteiger partial charge in [-0.15, -0.1) is 0 Å². The molecule has 0 aliphatic carbocycles. The maximum atomic E-state index is 12.7. The van der Waals surface area contributed by atoms with Crippen LogP contribution in [-0.4, -0.2) is 24.7 Å². The molecule has 0 spiro atoms. The number of aromatic nitrogens is 1. The Morgan fingerprint density at radius 2 is 1.58 bits per heavy atom. The molecule has 0 N–H and O–H groups in total. The van der Waals surface area contributed by atoms with Gasteiger partial charge in [-0.05, 0) is 29.8 Å². The fourth-order valence-corrected chi connectivity index (χ4v) is 2.58. The van der Waals surface area contributed by atoms with Crippen molar-refractivity contribution in [2.45, 2.75) is 6.54 Å². The summed E-state index contributed by atoms with van der Waals surface area (Å²) in [5.41, 5.74) is 2.13. The fourth-order valence-electron chi connectivity index (χ4n) is 2.58. The zero-order chi connectivity index (χ0) is 18.4. The molecule has 0 fully saturated rings. The Hall–Kier alpha value is -3.34. The molecule has 1 amide bonds. The molecule has 3 aromatic rings. The number of hydrogen-bond donors (Lipinski definition) is 0. The molecule has 132 valence electrons. The molecule has 3 rings (SSSR count). The number of amides is 1. The molecule has 0 aliphatic rings. The maximum Gasteiger partial charge on any atom is 0.279 e. The largest absolute Gasteiger partial charge is 0.497 e. The van der Waals surface area contributed by atoms with Gasteiger partial charge >= 0.3 is 0 Å². The second kappa shape index (κ2) is 8.16. The highest BCUT2D eigenvalue weighted by Crippen LogP contribution is 2.22. The first kappa shape index (κ1) is 17.5. The van der Waals surface area contributed by atoms with Crippen LogP contribution in [0.4, 0.5) is 0 Å². The van der Waals surface area contributed by atoms with Gasteiger partial charge in [-0.2, -0.15) is 4.99 Å². The lowest BCUT2D eigenvalue weighted by atomic mass is 10.2. The lowest BCUT2D eigenvalue weighted by Gasteiger charge is -2.08. The summed E-state index contributed by atoms with van der Waals surface area (Å²) in [6.07, 6.45) is 1.91. The van der Waals surface area contributed by atoms with Gasteiger partial charge in [0.05, 0.1) is 14.2 Å². The fraction of sp³-hybridized carbons (Fsp3) is 0.143. The van der Waals surface area contributed by atoms with Crippen molar-refractivity contribution in [3.63, 3.8) is 0 Å². The molecular weight excluding hydrogens is 328 g/mol. The minimum absolute atomic E-state index is 0.352. The van der Waals surface area contributed by atoms with E-state index in [1.54, 1.807) is 32.4 Å². The van der Waals surface area contributed by atoms with Gasteiger partial charge in [0.15, 0.2) is 0 Å². The Morgan fingerprint density at radius 3 is 2.23 bits per heavy atom. The average Bonchev–Trinajstić information content (AvgIpc) is 2.69. The number of hydrogen-bond acceptors (Lipinski definition) is 3.